The van der Waals surface area contributed by atoms with Crippen LogP contribution < -0.4 is 11.1 Å². The fourth-order valence-electron chi connectivity index (χ4n) is 3.18. The average Bonchev–Trinajstić information content (AvgIpc) is 2.70. The lowest BCUT2D eigenvalue weighted by Gasteiger charge is -2.33. The van der Waals surface area contributed by atoms with E-state index in [0.717, 1.165) is 5.56 Å². The molecule has 8 heteroatoms. The number of piperidine rings is 1. The molecule has 3 N–H and O–H groups in total. The molecule has 2 amide bonds. The van der Waals surface area contributed by atoms with Crippen LogP contribution in [0.4, 0.5) is 10.1 Å². The van der Waals surface area contributed by atoms with E-state index in [-0.39, 0.29) is 35.2 Å². The van der Waals surface area contributed by atoms with E-state index in [4.69, 9.17) is 17.3 Å². The predicted molar refractivity (Wildman–Crippen MR) is 110 cm³/mol. The zero-order valence-corrected chi connectivity index (χ0v) is 16.7. The van der Waals surface area contributed by atoms with Crippen molar-refractivity contribution in [2.75, 3.05) is 18.4 Å². The first-order valence-electron chi connectivity index (χ1n) is 8.81. The summed E-state index contributed by atoms with van der Waals surface area (Å²) in [6.07, 6.45) is 1.10. The van der Waals surface area contributed by atoms with Gasteiger partial charge in [0.2, 0.25) is 11.8 Å². The van der Waals surface area contributed by atoms with Gasteiger partial charge in [0, 0.05) is 24.7 Å². The number of halogens is 3. The fourth-order valence-corrected chi connectivity index (χ4v) is 3.36. The van der Waals surface area contributed by atoms with Crippen LogP contribution in [0.3, 0.4) is 0 Å². The first kappa shape index (κ1) is 22.1. The molecule has 1 heterocycles. The molecular formula is C20H22Cl2FN3O2. The van der Waals surface area contributed by atoms with E-state index >= 15 is 0 Å². The molecule has 1 aliphatic rings. The molecule has 150 valence electrons. The molecule has 0 aromatic heterocycles. The minimum Gasteiger partial charge on any atom is -0.341 e. The summed E-state index contributed by atoms with van der Waals surface area (Å²) >= 11 is 5.73. The van der Waals surface area contributed by atoms with Crippen LogP contribution in [0.25, 0.3) is 0 Å². The second kappa shape index (κ2) is 9.87. The molecule has 1 fully saturated rings. The van der Waals surface area contributed by atoms with Gasteiger partial charge in [0.1, 0.15) is 11.9 Å². The van der Waals surface area contributed by atoms with Gasteiger partial charge in [-0.05, 0) is 36.6 Å². The number of nitrogens with two attached hydrogens (primary N) is 1. The summed E-state index contributed by atoms with van der Waals surface area (Å²) in [5.74, 6) is -1.04. The topological polar surface area (TPSA) is 75.4 Å². The number of benzene rings is 2. The first-order valence-corrected chi connectivity index (χ1v) is 9.18. The number of hydrogen-bond acceptors (Lipinski definition) is 3. The third-order valence-electron chi connectivity index (χ3n) is 4.79. The molecule has 0 saturated carbocycles. The largest absolute Gasteiger partial charge is 0.341 e. The van der Waals surface area contributed by atoms with Gasteiger partial charge in [-0.2, -0.15) is 0 Å². The van der Waals surface area contributed by atoms with Crippen molar-refractivity contribution in [1.82, 2.24) is 4.90 Å². The third kappa shape index (κ3) is 5.22. The van der Waals surface area contributed by atoms with Crippen LogP contribution in [0, 0.1) is 11.7 Å². The van der Waals surface area contributed by atoms with Crippen LogP contribution >= 0.6 is 24.0 Å². The highest BCUT2D eigenvalue weighted by Crippen LogP contribution is 2.24. The number of amides is 2. The Labute approximate surface area is 174 Å². The molecule has 2 aromatic rings. The molecule has 1 aliphatic heterocycles. The number of carbonyl (C=O) groups is 2. The molecular weight excluding hydrogens is 404 g/mol. The molecule has 1 saturated heterocycles. The van der Waals surface area contributed by atoms with Crippen LogP contribution in [0.1, 0.15) is 24.4 Å². The van der Waals surface area contributed by atoms with Crippen molar-refractivity contribution < 1.29 is 14.0 Å². The average molecular weight is 426 g/mol. The third-order valence-corrected chi connectivity index (χ3v) is 5.08. The lowest BCUT2D eigenvalue weighted by Crippen LogP contribution is -2.45. The maximum atomic E-state index is 13.2. The van der Waals surface area contributed by atoms with E-state index in [1.165, 1.54) is 18.2 Å². The van der Waals surface area contributed by atoms with Crippen LogP contribution in [0.15, 0.2) is 48.5 Å². The highest BCUT2D eigenvalue weighted by molar-refractivity contribution is 6.31. The Morgan fingerprint density at radius 2 is 1.79 bits per heavy atom. The van der Waals surface area contributed by atoms with Gasteiger partial charge in [0.05, 0.1) is 5.02 Å². The second-order valence-corrected chi connectivity index (χ2v) is 7.01. The number of carbonyl (C=O) groups excluding carboxylic acids is 2. The monoisotopic (exact) mass is 425 g/mol. The van der Waals surface area contributed by atoms with Crippen molar-refractivity contribution >= 4 is 41.5 Å². The molecule has 28 heavy (non-hydrogen) atoms. The second-order valence-electron chi connectivity index (χ2n) is 6.61. The van der Waals surface area contributed by atoms with Crippen LogP contribution in [-0.4, -0.2) is 29.8 Å². The Morgan fingerprint density at radius 1 is 1.14 bits per heavy atom. The van der Waals surface area contributed by atoms with Gasteiger partial charge in [0.15, 0.2) is 0 Å². The van der Waals surface area contributed by atoms with Gasteiger partial charge in [0.25, 0.3) is 0 Å². The van der Waals surface area contributed by atoms with Crippen molar-refractivity contribution in [3.05, 3.63) is 64.9 Å². The van der Waals surface area contributed by atoms with Gasteiger partial charge in [-0.25, -0.2) is 4.39 Å². The van der Waals surface area contributed by atoms with Gasteiger partial charge < -0.3 is 16.0 Å². The Balaban J connectivity index is 0.00000280. The first-order chi connectivity index (χ1) is 13.0. The molecule has 1 unspecified atom stereocenters. The molecule has 0 radical (unpaired) electrons. The summed E-state index contributed by atoms with van der Waals surface area (Å²) in [6.45, 7) is 0.948. The van der Waals surface area contributed by atoms with Crippen molar-refractivity contribution in [1.29, 1.82) is 0 Å². The zero-order chi connectivity index (χ0) is 19.4. The highest BCUT2D eigenvalue weighted by atomic mass is 35.5. The van der Waals surface area contributed by atoms with Gasteiger partial charge in [-0.15, -0.1) is 12.4 Å². The summed E-state index contributed by atoms with van der Waals surface area (Å²) in [6, 6.07) is 12.6. The van der Waals surface area contributed by atoms with E-state index < -0.39 is 11.9 Å². The van der Waals surface area contributed by atoms with Gasteiger partial charge >= 0.3 is 0 Å². The van der Waals surface area contributed by atoms with Crippen molar-refractivity contribution in [2.45, 2.75) is 18.9 Å². The zero-order valence-electron chi connectivity index (χ0n) is 15.1. The number of likely N-dealkylation sites (tertiary alicyclic amines) is 1. The van der Waals surface area contributed by atoms with Crippen LogP contribution in [0.5, 0.6) is 0 Å². The quantitative estimate of drug-likeness (QED) is 0.782. The Hall–Kier alpha value is -2.15. The molecule has 2 aromatic carbocycles. The molecule has 0 spiro atoms. The summed E-state index contributed by atoms with van der Waals surface area (Å²) in [5, 5.41) is 2.72. The summed E-state index contributed by atoms with van der Waals surface area (Å²) in [5.41, 5.74) is 7.31. The standard InChI is InChI=1S/C20H21ClFN3O2.ClH/c21-16-12-15(6-7-17(16)22)24-19(26)14-8-10-25(11-9-14)20(27)18(23)13-4-2-1-3-5-13;/h1-7,12,14,18H,8-11,23H2,(H,24,26);1H. The summed E-state index contributed by atoms with van der Waals surface area (Å²) < 4.78 is 13.2. The van der Waals surface area contributed by atoms with Gasteiger partial charge in [-0.1, -0.05) is 41.9 Å². The molecule has 0 aliphatic carbocycles. The highest BCUT2D eigenvalue weighted by Gasteiger charge is 2.30. The lowest BCUT2D eigenvalue weighted by atomic mass is 9.94. The molecule has 0 bridgehead atoms. The van der Waals surface area contributed by atoms with E-state index in [2.05, 4.69) is 5.32 Å². The Bertz CT molecular complexity index is 827. The van der Waals surface area contributed by atoms with E-state index in [0.29, 0.717) is 31.6 Å². The van der Waals surface area contributed by atoms with Crippen LogP contribution in [-0.2, 0) is 9.59 Å². The molecule has 5 nitrogen and oxygen atoms in total. The van der Waals surface area contributed by atoms with Crippen LogP contribution in [0.2, 0.25) is 5.02 Å². The minimum atomic E-state index is -0.696. The normalized spacial score (nSPS) is 15.5. The number of nitrogens with one attached hydrogen (secondary N) is 1. The molecule has 3 rings (SSSR count). The van der Waals surface area contributed by atoms with Gasteiger partial charge in [-0.3, -0.25) is 9.59 Å². The maximum absolute atomic E-state index is 13.2. The van der Waals surface area contributed by atoms with Crippen molar-refractivity contribution in [3.63, 3.8) is 0 Å². The SMILES string of the molecule is Cl.NC(C(=O)N1CCC(C(=O)Nc2ccc(F)c(Cl)c2)CC1)c1ccccc1. The Kier molecular flexibility index (Phi) is 7.80. The Morgan fingerprint density at radius 3 is 2.39 bits per heavy atom. The predicted octanol–water partition coefficient (Wildman–Crippen LogP) is 3.78. The number of nitrogens with zero attached hydrogens (tertiary/aromatic N) is 1. The van der Waals surface area contributed by atoms with Crippen molar-refractivity contribution in [3.8, 4) is 0 Å². The number of rotatable bonds is 4. The van der Waals surface area contributed by atoms with E-state index in [1.54, 1.807) is 4.90 Å². The fraction of sp³-hybridized carbons (Fsp3) is 0.300. The minimum absolute atomic E-state index is 0. The molecule has 1 atom stereocenters. The summed E-state index contributed by atoms with van der Waals surface area (Å²) in [4.78, 5) is 26.7. The smallest absolute Gasteiger partial charge is 0.244 e. The maximum Gasteiger partial charge on any atom is 0.244 e. The van der Waals surface area contributed by atoms with E-state index in [1.807, 2.05) is 30.3 Å². The lowest BCUT2D eigenvalue weighted by molar-refractivity contribution is -0.135. The number of hydrogen-bond donors (Lipinski definition) is 2. The van der Waals surface area contributed by atoms with E-state index in [9.17, 15) is 14.0 Å². The number of anilines is 1. The van der Waals surface area contributed by atoms with Crippen molar-refractivity contribution in [2.24, 2.45) is 11.7 Å². The summed E-state index contributed by atoms with van der Waals surface area (Å²) in [7, 11) is 0.